The molecule has 15 heavy (non-hydrogen) atoms. The van der Waals surface area contributed by atoms with E-state index in [4.69, 9.17) is 5.73 Å². The molecule has 0 aliphatic rings. The first-order chi connectivity index (χ1) is 7.31. The van der Waals surface area contributed by atoms with Crippen molar-refractivity contribution in [3.63, 3.8) is 0 Å². The maximum Gasteiger partial charge on any atom is 0.0539 e. The van der Waals surface area contributed by atoms with E-state index in [0.717, 1.165) is 11.3 Å². The van der Waals surface area contributed by atoms with Crippen LogP contribution in [0, 0.1) is 6.92 Å². The summed E-state index contributed by atoms with van der Waals surface area (Å²) in [6.45, 7) is 2.60. The molecule has 0 atom stereocenters. The third-order valence-electron chi connectivity index (χ3n) is 2.49. The summed E-state index contributed by atoms with van der Waals surface area (Å²) in [5.41, 5.74) is 10.1. The van der Waals surface area contributed by atoms with Gasteiger partial charge in [-0.05, 0) is 24.1 Å². The molecule has 2 rings (SSSR count). The van der Waals surface area contributed by atoms with Crippen molar-refractivity contribution in [1.29, 1.82) is 0 Å². The largest absolute Gasteiger partial charge is 0.325 e. The van der Waals surface area contributed by atoms with Crippen molar-refractivity contribution in [2.75, 3.05) is 0 Å². The molecule has 0 radical (unpaired) electrons. The molecule has 2 N–H and O–H groups in total. The summed E-state index contributed by atoms with van der Waals surface area (Å²) in [5, 5.41) is 0. The topological polar surface area (TPSA) is 38.9 Å². The van der Waals surface area contributed by atoms with Crippen molar-refractivity contribution in [3.8, 4) is 11.1 Å². The summed E-state index contributed by atoms with van der Waals surface area (Å²) in [6.07, 6.45) is 1.88. The van der Waals surface area contributed by atoms with Gasteiger partial charge in [-0.15, -0.1) is 0 Å². The molecule has 0 saturated carbocycles. The van der Waals surface area contributed by atoms with Crippen LogP contribution in [0.1, 0.15) is 11.3 Å². The molecule has 0 saturated heterocycles. The molecule has 0 aliphatic heterocycles. The van der Waals surface area contributed by atoms with Gasteiger partial charge in [-0.3, -0.25) is 4.98 Å². The van der Waals surface area contributed by atoms with Gasteiger partial charge < -0.3 is 5.73 Å². The molecule has 0 aliphatic carbocycles. The van der Waals surface area contributed by atoms with E-state index in [1.54, 1.807) is 0 Å². The summed E-state index contributed by atoms with van der Waals surface area (Å²) in [4.78, 5) is 4.29. The van der Waals surface area contributed by atoms with Gasteiger partial charge in [-0.1, -0.05) is 30.3 Å². The number of nitrogens with two attached hydrogens (primary N) is 1. The molecule has 2 nitrogen and oxygen atoms in total. The zero-order chi connectivity index (χ0) is 10.7. The molecule has 0 amide bonds. The number of aryl methyl sites for hydroxylation is 1. The van der Waals surface area contributed by atoms with Crippen molar-refractivity contribution in [3.05, 3.63) is 53.9 Å². The van der Waals surface area contributed by atoms with Gasteiger partial charge in [0.1, 0.15) is 0 Å². The van der Waals surface area contributed by atoms with E-state index in [0.29, 0.717) is 6.54 Å². The minimum Gasteiger partial charge on any atom is -0.325 e. The number of benzene rings is 1. The van der Waals surface area contributed by atoms with Gasteiger partial charge in [-0.25, -0.2) is 0 Å². The van der Waals surface area contributed by atoms with Crippen LogP contribution in [0.25, 0.3) is 11.1 Å². The number of nitrogens with zero attached hydrogens (tertiary/aromatic N) is 1. The van der Waals surface area contributed by atoms with Crippen molar-refractivity contribution < 1.29 is 0 Å². The molecular weight excluding hydrogens is 184 g/mol. The Bertz CT molecular complexity index is 446. The van der Waals surface area contributed by atoms with Gasteiger partial charge in [0.05, 0.1) is 5.69 Å². The number of hydrogen-bond donors (Lipinski definition) is 1. The second kappa shape index (κ2) is 4.24. The molecule has 2 aromatic rings. The Kier molecular flexibility index (Phi) is 2.79. The Hall–Kier alpha value is -1.67. The highest BCUT2D eigenvalue weighted by atomic mass is 14.7. The maximum atomic E-state index is 5.51. The molecular formula is C13H14N2. The van der Waals surface area contributed by atoms with Crippen LogP contribution in [0.2, 0.25) is 0 Å². The minimum absolute atomic E-state index is 0.494. The molecule has 2 heteroatoms. The Balaban J connectivity index is 2.42. The molecule has 0 unspecified atom stereocenters. The molecule has 1 aromatic heterocycles. The highest BCUT2D eigenvalue weighted by Gasteiger charge is 2.00. The van der Waals surface area contributed by atoms with Crippen LogP contribution >= 0.6 is 0 Å². The standard InChI is InChI=1S/C13H14N2/c1-10-4-2-3-5-13(10)11-6-7-12(8-14)15-9-11/h2-7,9H,8,14H2,1H3. The maximum absolute atomic E-state index is 5.51. The Morgan fingerprint density at radius 1 is 1.13 bits per heavy atom. The van der Waals surface area contributed by atoms with Gasteiger partial charge >= 0.3 is 0 Å². The second-order valence-corrected chi connectivity index (χ2v) is 3.56. The van der Waals surface area contributed by atoms with E-state index < -0.39 is 0 Å². The first-order valence-corrected chi connectivity index (χ1v) is 5.02. The fraction of sp³-hybridized carbons (Fsp3) is 0.154. The van der Waals surface area contributed by atoms with Crippen molar-refractivity contribution in [2.24, 2.45) is 5.73 Å². The van der Waals surface area contributed by atoms with Crippen molar-refractivity contribution in [2.45, 2.75) is 13.5 Å². The Morgan fingerprint density at radius 2 is 1.93 bits per heavy atom. The second-order valence-electron chi connectivity index (χ2n) is 3.56. The highest BCUT2D eigenvalue weighted by Crippen LogP contribution is 2.21. The summed E-state index contributed by atoms with van der Waals surface area (Å²) in [7, 11) is 0. The van der Waals surface area contributed by atoms with E-state index in [1.165, 1.54) is 11.1 Å². The van der Waals surface area contributed by atoms with Crippen LogP contribution in [0.5, 0.6) is 0 Å². The van der Waals surface area contributed by atoms with Crippen molar-refractivity contribution in [1.82, 2.24) is 4.98 Å². The fourth-order valence-electron chi connectivity index (χ4n) is 1.60. The number of pyridine rings is 1. The van der Waals surface area contributed by atoms with Gasteiger partial charge in [-0.2, -0.15) is 0 Å². The SMILES string of the molecule is Cc1ccccc1-c1ccc(CN)nc1. The van der Waals surface area contributed by atoms with Crippen molar-refractivity contribution >= 4 is 0 Å². The summed E-state index contributed by atoms with van der Waals surface area (Å²) >= 11 is 0. The summed E-state index contributed by atoms with van der Waals surface area (Å²) in [5.74, 6) is 0. The lowest BCUT2D eigenvalue weighted by Gasteiger charge is -2.05. The Labute approximate surface area is 89.8 Å². The minimum atomic E-state index is 0.494. The quantitative estimate of drug-likeness (QED) is 0.805. The van der Waals surface area contributed by atoms with E-state index in [2.05, 4.69) is 30.1 Å². The molecule has 0 spiro atoms. The monoisotopic (exact) mass is 198 g/mol. The zero-order valence-corrected chi connectivity index (χ0v) is 8.77. The highest BCUT2D eigenvalue weighted by molar-refractivity contribution is 5.66. The van der Waals surface area contributed by atoms with Gasteiger partial charge in [0.15, 0.2) is 0 Å². The summed E-state index contributed by atoms with van der Waals surface area (Å²) < 4.78 is 0. The number of aromatic nitrogens is 1. The molecule has 0 fully saturated rings. The number of hydrogen-bond acceptors (Lipinski definition) is 2. The molecule has 0 bridgehead atoms. The number of rotatable bonds is 2. The van der Waals surface area contributed by atoms with Crippen LogP contribution in [0.3, 0.4) is 0 Å². The van der Waals surface area contributed by atoms with Crippen LogP contribution in [-0.4, -0.2) is 4.98 Å². The van der Waals surface area contributed by atoms with E-state index in [9.17, 15) is 0 Å². The third kappa shape index (κ3) is 2.05. The third-order valence-corrected chi connectivity index (χ3v) is 2.49. The van der Waals surface area contributed by atoms with Crippen LogP contribution in [-0.2, 0) is 6.54 Å². The zero-order valence-electron chi connectivity index (χ0n) is 8.77. The lowest BCUT2D eigenvalue weighted by molar-refractivity contribution is 0.991. The predicted molar refractivity (Wildman–Crippen MR) is 62.3 cm³/mol. The first kappa shape index (κ1) is 9.87. The van der Waals surface area contributed by atoms with Gasteiger partial charge in [0.2, 0.25) is 0 Å². The average molecular weight is 198 g/mol. The smallest absolute Gasteiger partial charge is 0.0539 e. The van der Waals surface area contributed by atoms with E-state index >= 15 is 0 Å². The Morgan fingerprint density at radius 3 is 2.53 bits per heavy atom. The molecule has 1 heterocycles. The van der Waals surface area contributed by atoms with E-state index in [-0.39, 0.29) is 0 Å². The fourth-order valence-corrected chi connectivity index (χ4v) is 1.60. The molecule has 76 valence electrons. The lowest BCUT2D eigenvalue weighted by atomic mass is 10.0. The van der Waals surface area contributed by atoms with Crippen LogP contribution in [0.15, 0.2) is 42.6 Å². The average Bonchev–Trinajstić information content (AvgIpc) is 2.30. The lowest BCUT2D eigenvalue weighted by Crippen LogP contribution is -1.98. The predicted octanol–water partition coefficient (Wildman–Crippen LogP) is 2.52. The van der Waals surface area contributed by atoms with E-state index in [1.807, 2.05) is 24.4 Å². The van der Waals surface area contributed by atoms with Gasteiger partial charge in [0, 0.05) is 18.3 Å². The molecule has 1 aromatic carbocycles. The first-order valence-electron chi connectivity index (χ1n) is 5.02. The normalized spacial score (nSPS) is 10.3. The van der Waals surface area contributed by atoms with Crippen LogP contribution in [0.4, 0.5) is 0 Å². The van der Waals surface area contributed by atoms with Gasteiger partial charge in [0.25, 0.3) is 0 Å². The van der Waals surface area contributed by atoms with Crippen LogP contribution < -0.4 is 5.73 Å². The summed E-state index contributed by atoms with van der Waals surface area (Å²) in [6, 6.07) is 12.3.